The molecule has 0 unspecified atom stereocenters. The smallest absolute Gasteiger partial charge is 0.251 e. The van der Waals surface area contributed by atoms with Crippen LogP contribution in [0.3, 0.4) is 0 Å². The van der Waals surface area contributed by atoms with Gasteiger partial charge in [0.1, 0.15) is 0 Å². The van der Waals surface area contributed by atoms with Crippen molar-refractivity contribution in [1.82, 2.24) is 4.98 Å². The molecule has 90 valence electrons. The van der Waals surface area contributed by atoms with Gasteiger partial charge in [-0.15, -0.1) is 0 Å². The van der Waals surface area contributed by atoms with Gasteiger partial charge >= 0.3 is 0 Å². The molecule has 0 radical (unpaired) electrons. The highest BCUT2D eigenvalue weighted by molar-refractivity contribution is 5.81. The number of pyridine rings is 1. The molecule has 1 aromatic heterocycles. The zero-order valence-corrected chi connectivity index (χ0v) is 10.5. The van der Waals surface area contributed by atoms with E-state index in [0.717, 1.165) is 22.0 Å². The molecular formula is C14H18N2O. The summed E-state index contributed by atoms with van der Waals surface area (Å²) < 4.78 is 0. The van der Waals surface area contributed by atoms with Crippen LogP contribution >= 0.6 is 0 Å². The second kappa shape index (κ2) is 4.00. The van der Waals surface area contributed by atoms with Crippen molar-refractivity contribution in [3.05, 3.63) is 45.7 Å². The van der Waals surface area contributed by atoms with Gasteiger partial charge in [-0.3, -0.25) is 4.79 Å². The third-order valence-corrected chi connectivity index (χ3v) is 2.81. The van der Waals surface area contributed by atoms with Crippen LogP contribution < -0.4 is 11.3 Å². The first-order chi connectivity index (χ1) is 7.87. The van der Waals surface area contributed by atoms with Crippen molar-refractivity contribution < 1.29 is 0 Å². The third kappa shape index (κ3) is 2.56. The molecule has 0 aliphatic rings. The number of nitrogens with two attached hydrogens (primary N) is 1. The quantitative estimate of drug-likeness (QED) is 0.830. The lowest BCUT2D eigenvalue weighted by Crippen LogP contribution is -2.36. The second-order valence-electron chi connectivity index (χ2n) is 5.33. The minimum Gasteiger partial charge on any atom is -0.325 e. The van der Waals surface area contributed by atoms with Crippen molar-refractivity contribution in [2.24, 2.45) is 5.73 Å². The summed E-state index contributed by atoms with van der Waals surface area (Å²) in [5.74, 6) is 0. The van der Waals surface area contributed by atoms with Crippen LogP contribution in [0.1, 0.15) is 25.0 Å². The van der Waals surface area contributed by atoms with Gasteiger partial charge in [-0.05, 0) is 44.2 Å². The molecule has 0 fully saturated rings. The summed E-state index contributed by atoms with van der Waals surface area (Å²) in [6.07, 6.45) is 0.576. The first kappa shape index (κ1) is 11.9. The highest BCUT2D eigenvalue weighted by Gasteiger charge is 2.14. The lowest BCUT2D eigenvalue weighted by molar-refractivity contribution is 0.514. The summed E-state index contributed by atoms with van der Waals surface area (Å²) in [5.41, 5.74) is 8.29. The number of nitrogens with one attached hydrogen (secondary N) is 1. The first-order valence-corrected chi connectivity index (χ1v) is 5.77. The van der Waals surface area contributed by atoms with Gasteiger partial charge in [0, 0.05) is 11.1 Å². The van der Waals surface area contributed by atoms with Crippen LogP contribution in [-0.2, 0) is 6.42 Å². The molecule has 3 nitrogen and oxygen atoms in total. The highest BCUT2D eigenvalue weighted by Crippen LogP contribution is 2.16. The maximum Gasteiger partial charge on any atom is 0.251 e. The van der Waals surface area contributed by atoms with E-state index in [2.05, 4.69) is 4.98 Å². The fourth-order valence-electron chi connectivity index (χ4n) is 2.05. The average Bonchev–Trinajstić information content (AvgIpc) is 2.19. The molecule has 2 aromatic rings. The van der Waals surface area contributed by atoms with Crippen LogP contribution in [0.4, 0.5) is 0 Å². The molecule has 1 aromatic carbocycles. The molecular weight excluding hydrogens is 212 g/mol. The van der Waals surface area contributed by atoms with Crippen molar-refractivity contribution in [3.63, 3.8) is 0 Å². The van der Waals surface area contributed by atoms with E-state index >= 15 is 0 Å². The van der Waals surface area contributed by atoms with E-state index in [1.165, 1.54) is 0 Å². The molecule has 0 aliphatic heterocycles. The van der Waals surface area contributed by atoms with Gasteiger partial charge < -0.3 is 10.7 Å². The standard InChI is InChI=1S/C14H18N2O/c1-9-5-4-6-10-7-11(8-14(2,3)15)13(17)16-12(9)10/h4-7H,8,15H2,1-3H3,(H,16,17). The lowest BCUT2D eigenvalue weighted by atomic mass is 9.96. The van der Waals surface area contributed by atoms with Crippen molar-refractivity contribution in [2.45, 2.75) is 32.7 Å². The number of benzene rings is 1. The van der Waals surface area contributed by atoms with E-state index in [0.29, 0.717) is 6.42 Å². The van der Waals surface area contributed by atoms with E-state index in [-0.39, 0.29) is 11.1 Å². The Balaban J connectivity index is 2.61. The number of rotatable bonds is 2. The van der Waals surface area contributed by atoms with E-state index < -0.39 is 0 Å². The maximum atomic E-state index is 12.0. The molecule has 0 spiro atoms. The van der Waals surface area contributed by atoms with Crippen LogP contribution in [0.5, 0.6) is 0 Å². The van der Waals surface area contributed by atoms with Crippen molar-refractivity contribution >= 4 is 10.9 Å². The Morgan fingerprint density at radius 2 is 2.06 bits per heavy atom. The second-order valence-corrected chi connectivity index (χ2v) is 5.33. The topological polar surface area (TPSA) is 58.9 Å². The van der Waals surface area contributed by atoms with Crippen LogP contribution in [0.2, 0.25) is 0 Å². The van der Waals surface area contributed by atoms with Gasteiger partial charge in [0.2, 0.25) is 0 Å². The Morgan fingerprint density at radius 1 is 1.35 bits per heavy atom. The van der Waals surface area contributed by atoms with Crippen molar-refractivity contribution in [3.8, 4) is 0 Å². The summed E-state index contributed by atoms with van der Waals surface area (Å²) in [6, 6.07) is 7.93. The lowest BCUT2D eigenvalue weighted by Gasteiger charge is -2.18. The van der Waals surface area contributed by atoms with E-state index in [1.54, 1.807) is 0 Å². The maximum absolute atomic E-state index is 12.0. The molecule has 0 aliphatic carbocycles. The van der Waals surface area contributed by atoms with E-state index in [4.69, 9.17) is 5.73 Å². The predicted octanol–water partition coefficient (Wildman–Crippen LogP) is 2.12. The Hall–Kier alpha value is -1.61. The summed E-state index contributed by atoms with van der Waals surface area (Å²) in [4.78, 5) is 14.9. The molecule has 0 atom stereocenters. The number of aromatic amines is 1. The van der Waals surface area contributed by atoms with Crippen LogP contribution in [0.15, 0.2) is 29.1 Å². The summed E-state index contributed by atoms with van der Waals surface area (Å²) in [6.45, 7) is 5.84. The Kier molecular flexibility index (Phi) is 2.79. The summed E-state index contributed by atoms with van der Waals surface area (Å²) in [5, 5.41) is 1.06. The SMILES string of the molecule is Cc1cccc2cc(CC(C)(C)N)c(=O)[nH]c12. The van der Waals surface area contributed by atoms with E-state index in [1.807, 2.05) is 45.0 Å². The van der Waals surface area contributed by atoms with Gasteiger partial charge in [0.25, 0.3) is 5.56 Å². The number of aromatic nitrogens is 1. The summed E-state index contributed by atoms with van der Waals surface area (Å²) >= 11 is 0. The number of para-hydroxylation sites is 1. The van der Waals surface area contributed by atoms with Gasteiger partial charge in [-0.25, -0.2) is 0 Å². The molecule has 0 saturated carbocycles. The number of H-pyrrole nitrogens is 1. The van der Waals surface area contributed by atoms with Gasteiger partial charge in [0.15, 0.2) is 0 Å². The zero-order chi connectivity index (χ0) is 12.6. The minimum atomic E-state index is -0.371. The Bertz CT molecular complexity index is 606. The largest absolute Gasteiger partial charge is 0.325 e. The first-order valence-electron chi connectivity index (χ1n) is 5.77. The molecule has 0 amide bonds. The molecule has 17 heavy (non-hydrogen) atoms. The highest BCUT2D eigenvalue weighted by atomic mass is 16.1. The monoisotopic (exact) mass is 230 g/mol. The summed E-state index contributed by atoms with van der Waals surface area (Å²) in [7, 11) is 0. The van der Waals surface area contributed by atoms with Crippen LogP contribution in [-0.4, -0.2) is 10.5 Å². The zero-order valence-electron chi connectivity index (χ0n) is 10.5. The fourth-order valence-corrected chi connectivity index (χ4v) is 2.05. The molecule has 3 heteroatoms. The fraction of sp³-hybridized carbons (Fsp3) is 0.357. The number of hydrogen-bond acceptors (Lipinski definition) is 2. The van der Waals surface area contributed by atoms with Crippen LogP contribution in [0, 0.1) is 6.92 Å². The van der Waals surface area contributed by atoms with Crippen molar-refractivity contribution in [2.75, 3.05) is 0 Å². The molecule has 3 N–H and O–H groups in total. The van der Waals surface area contributed by atoms with E-state index in [9.17, 15) is 4.79 Å². The molecule has 0 saturated heterocycles. The van der Waals surface area contributed by atoms with Gasteiger partial charge in [-0.1, -0.05) is 18.2 Å². The normalized spacial score (nSPS) is 12.0. The molecule has 1 heterocycles. The average molecular weight is 230 g/mol. The third-order valence-electron chi connectivity index (χ3n) is 2.81. The number of hydrogen-bond donors (Lipinski definition) is 2. The number of fused-ring (bicyclic) bond motifs is 1. The minimum absolute atomic E-state index is 0.0367. The van der Waals surface area contributed by atoms with Gasteiger partial charge in [0.05, 0.1) is 5.52 Å². The molecule has 0 bridgehead atoms. The Labute approximate surface area is 101 Å². The van der Waals surface area contributed by atoms with Crippen molar-refractivity contribution in [1.29, 1.82) is 0 Å². The predicted molar refractivity (Wildman–Crippen MR) is 71.3 cm³/mol. The van der Waals surface area contributed by atoms with Crippen LogP contribution in [0.25, 0.3) is 10.9 Å². The molecule has 2 rings (SSSR count). The van der Waals surface area contributed by atoms with Gasteiger partial charge in [-0.2, -0.15) is 0 Å². The number of aryl methyl sites for hydroxylation is 1. The Morgan fingerprint density at radius 3 is 2.71 bits per heavy atom.